The molecule has 8 nitrogen and oxygen atoms in total. The predicted octanol–water partition coefficient (Wildman–Crippen LogP) is 3.04. The minimum atomic E-state index is -3.64. The van der Waals surface area contributed by atoms with Gasteiger partial charge in [-0.15, -0.1) is 0 Å². The van der Waals surface area contributed by atoms with Crippen LogP contribution in [-0.2, 0) is 14.8 Å². The second-order valence-corrected chi connectivity index (χ2v) is 9.92. The molecule has 1 aliphatic rings. The Labute approximate surface area is 175 Å². The van der Waals surface area contributed by atoms with E-state index in [4.69, 9.17) is 0 Å². The van der Waals surface area contributed by atoms with Gasteiger partial charge in [-0.3, -0.25) is 10.1 Å². The third-order valence-corrected chi connectivity index (χ3v) is 7.91. The fourth-order valence-corrected chi connectivity index (χ4v) is 5.66. The maximum Gasteiger partial charge on any atom is 0.350 e. The number of nitrogens with one attached hydrogen (secondary N) is 1. The van der Waals surface area contributed by atoms with E-state index in [9.17, 15) is 18.0 Å². The number of ether oxygens (including phenoxy) is 1. The van der Waals surface area contributed by atoms with E-state index in [1.54, 1.807) is 6.92 Å². The Hall–Kier alpha value is -1.82. The van der Waals surface area contributed by atoms with Crippen LogP contribution in [0.15, 0.2) is 27.6 Å². The molecule has 3 rings (SSSR count). The highest BCUT2D eigenvalue weighted by molar-refractivity contribution is 9.10. The van der Waals surface area contributed by atoms with Crippen LogP contribution in [0.25, 0.3) is 0 Å². The second-order valence-electron chi connectivity index (χ2n) is 6.13. The number of rotatable bonds is 5. The van der Waals surface area contributed by atoms with E-state index in [0.717, 1.165) is 24.2 Å². The standard InChI is InChI=1S/C17H18BrN3O5S2/c1-10-14(16(23)26-2)27-17(19-10)20-15(22)12-9-11(5-6-13(12)18)28(24,25)21-7-3-4-8-21/h5-6,9H,3-4,7-8H2,1-2H3,(H,19,20,22). The normalized spacial score (nSPS) is 14.8. The summed E-state index contributed by atoms with van der Waals surface area (Å²) >= 11 is 4.28. The number of benzene rings is 1. The Kier molecular flexibility index (Phi) is 6.18. The third kappa shape index (κ3) is 4.12. The van der Waals surface area contributed by atoms with Crippen molar-refractivity contribution >= 4 is 54.3 Å². The number of aryl methyl sites for hydroxylation is 1. The van der Waals surface area contributed by atoms with E-state index in [1.165, 1.54) is 29.6 Å². The van der Waals surface area contributed by atoms with Crippen molar-refractivity contribution in [3.8, 4) is 0 Å². The van der Waals surface area contributed by atoms with Crippen LogP contribution in [0, 0.1) is 6.92 Å². The van der Waals surface area contributed by atoms with E-state index in [2.05, 4.69) is 31.0 Å². The van der Waals surface area contributed by atoms with Gasteiger partial charge in [-0.2, -0.15) is 4.31 Å². The van der Waals surface area contributed by atoms with Gasteiger partial charge in [0.1, 0.15) is 4.88 Å². The fraction of sp³-hybridized carbons (Fsp3) is 0.353. The first-order valence-electron chi connectivity index (χ1n) is 8.41. The SMILES string of the molecule is COC(=O)c1sc(NC(=O)c2cc(S(=O)(=O)N3CCCC3)ccc2Br)nc1C. The molecule has 0 radical (unpaired) electrons. The number of anilines is 1. The van der Waals surface area contributed by atoms with Gasteiger partial charge in [0.15, 0.2) is 5.13 Å². The van der Waals surface area contributed by atoms with Gasteiger partial charge in [0.25, 0.3) is 5.91 Å². The summed E-state index contributed by atoms with van der Waals surface area (Å²) in [5.41, 5.74) is 0.601. The quantitative estimate of drug-likeness (QED) is 0.649. The zero-order chi connectivity index (χ0) is 20.5. The molecule has 1 saturated heterocycles. The van der Waals surface area contributed by atoms with Crippen molar-refractivity contribution in [3.05, 3.63) is 38.8 Å². The summed E-state index contributed by atoms with van der Waals surface area (Å²) in [5, 5.41) is 2.83. The van der Waals surface area contributed by atoms with Gasteiger partial charge in [0, 0.05) is 17.6 Å². The van der Waals surface area contributed by atoms with Gasteiger partial charge in [-0.05, 0) is 53.9 Å². The molecular formula is C17H18BrN3O5S2. The maximum absolute atomic E-state index is 12.8. The molecule has 1 N–H and O–H groups in total. The largest absolute Gasteiger partial charge is 0.465 e. The number of hydrogen-bond donors (Lipinski definition) is 1. The molecule has 2 aromatic rings. The summed E-state index contributed by atoms with van der Waals surface area (Å²) in [5.74, 6) is -1.06. The number of esters is 1. The van der Waals surface area contributed by atoms with E-state index >= 15 is 0 Å². The van der Waals surface area contributed by atoms with Gasteiger partial charge in [-0.1, -0.05) is 11.3 Å². The molecule has 0 spiro atoms. The Balaban J connectivity index is 1.87. The lowest BCUT2D eigenvalue weighted by molar-refractivity contribution is 0.0605. The summed E-state index contributed by atoms with van der Waals surface area (Å²) in [6.45, 7) is 2.60. The predicted molar refractivity (Wildman–Crippen MR) is 108 cm³/mol. The van der Waals surface area contributed by atoms with Crippen molar-refractivity contribution in [1.29, 1.82) is 0 Å². The summed E-state index contributed by atoms with van der Waals surface area (Å²) < 4.78 is 32.1. The van der Waals surface area contributed by atoms with Crippen molar-refractivity contribution in [2.45, 2.75) is 24.7 Å². The third-order valence-electron chi connectivity index (χ3n) is 4.27. The van der Waals surface area contributed by atoms with Crippen LogP contribution in [0.1, 0.15) is 38.6 Å². The minimum Gasteiger partial charge on any atom is -0.465 e. The summed E-state index contributed by atoms with van der Waals surface area (Å²) in [6.07, 6.45) is 1.66. The molecule has 0 unspecified atom stereocenters. The molecule has 11 heteroatoms. The zero-order valence-corrected chi connectivity index (χ0v) is 18.4. The molecule has 1 aromatic heterocycles. The van der Waals surface area contributed by atoms with Gasteiger partial charge in [0.2, 0.25) is 10.0 Å². The maximum atomic E-state index is 12.8. The number of aromatic nitrogens is 1. The molecular weight excluding hydrogens is 470 g/mol. The fourth-order valence-electron chi connectivity index (χ4n) is 2.81. The van der Waals surface area contributed by atoms with E-state index in [1.807, 2.05) is 0 Å². The molecule has 0 aliphatic carbocycles. The first kappa shape index (κ1) is 20.9. The number of carbonyl (C=O) groups excluding carboxylic acids is 2. The van der Waals surface area contributed by atoms with Crippen LogP contribution >= 0.6 is 27.3 Å². The lowest BCUT2D eigenvalue weighted by Crippen LogP contribution is -2.28. The number of amides is 1. The average Bonchev–Trinajstić information content (AvgIpc) is 3.31. The Morgan fingerprint density at radius 2 is 1.96 bits per heavy atom. The summed E-state index contributed by atoms with van der Waals surface area (Å²) in [4.78, 5) is 28.9. The van der Waals surface area contributed by atoms with Crippen LogP contribution in [0.3, 0.4) is 0 Å². The van der Waals surface area contributed by atoms with Crippen molar-refractivity contribution in [2.24, 2.45) is 0 Å². The highest BCUT2D eigenvalue weighted by atomic mass is 79.9. The minimum absolute atomic E-state index is 0.0633. The lowest BCUT2D eigenvalue weighted by Gasteiger charge is -2.16. The number of hydrogen-bond acceptors (Lipinski definition) is 7. The lowest BCUT2D eigenvalue weighted by atomic mass is 10.2. The zero-order valence-electron chi connectivity index (χ0n) is 15.2. The number of methoxy groups -OCH3 is 1. The molecule has 28 heavy (non-hydrogen) atoms. The Bertz CT molecular complexity index is 1030. The van der Waals surface area contributed by atoms with Crippen LogP contribution in [-0.4, -0.2) is 49.8 Å². The second kappa shape index (κ2) is 8.27. The molecule has 0 atom stereocenters. The molecule has 1 aromatic carbocycles. The smallest absolute Gasteiger partial charge is 0.350 e. The molecule has 1 fully saturated rings. The van der Waals surface area contributed by atoms with Gasteiger partial charge in [-0.25, -0.2) is 18.2 Å². The first-order valence-corrected chi connectivity index (χ1v) is 11.5. The van der Waals surface area contributed by atoms with E-state index in [-0.39, 0.29) is 15.6 Å². The highest BCUT2D eigenvalue weighted by Gasteiger charge is 2.28. The number of halogens is 1. The first-order chi connectivity index (χ1) is 13.2. The van der Waals surface area contributed by atoms with Crippen LogP contribution in [0.2, 0.25) is 0 Å². The number of carbonyl (C=O) groups is 2. The molecule has 1 aliphatic heterocycles. The Morgan fingerprint density at radius 3 is 2.61 bits per heavy atom. The molecule has 150 valence electrons. The Morgan fingerprint density at radius 1 is 1.29 bits per heavy atom. The average molecular weight is 488 g/mol. The van der Waals surface area contributed by atoms with Crippen molar-refractivity contribution in [1.82, 2.24) is 9.29 Å². The van der Waals surface area contributed by atoms with Crippen molar-refractivity contribution in [2.75, 3.05) is 25.5 Å². The number of thiazole rings is 1. The van der Waals surface area contributed by atoms with Gasteiger partial charge < -0.3 is 4.74 Å². The molecule has 0 saturated carbocycles. The summed E-state index contributed by atoms with van der Waals surface area (Å²) in [6, 6.07) is 4.34. The van der Waals surface area contributed by atoms with Gasteiger partial charge >= 0.3 is 5.97 Å². The number of nitrogens with zero attached hydrogens (tertiary/aromatic N) is 2. The summed E-state index contributed by atoms with van der Waals surface area (Å²) in [7, 11) is -2.38. The van der Waals surface area contributed by atoms with Crippen LogP contribution in [0.4, 0.5) is 5.13 Å². The van der Waals surface area contributed by atoms with E-state index in [0.29, 0.717) is 28.1 Å². The molecule has 0 bridgehead atoms. The highest BCUT2D eigenvalue weighted by Crippen LogP contribution is 2.28. The van der Waals surface area contributed by atoms with Crippen LogP contribution in [0.5, 0.6) is 0 Å². The van der Waals surface area contributed by atoms with E-state index < -0.39 is 21.9 Å². The van der Waals surface area contributed by atoms with Crippen LogP contribution < -0.4 is 5.32 Å². The van der Waals surface area contributed by atoms with Gasteiger partial charge in [0.05, 0.1) is 23.3 Å². The van der Waals surface area contributed by atoms with Crippen molar-refractivity contribution in [3.63, 3.8) is 0 Å². The number of sulfonamides is 1. The molecule has 1 amide bonds. The molecule has 2 heterocycles. The monoisotopic (exact) mass is 487 g/mol. The van der Waals surface area contributed by atoms with Crippen molar-refractivity contribution < 1.29 is 22.7 Å². The topological polar surface area (TPSA) is 106 Å².